The third-order valence-corrected chi connectivity index (χ3v) is 3.06. The summed E-state index contributed by atoms with van der Waals surface area (Å²) in [6, 6.07) is 0. The van der Waals surface area contributed by atoms with Gasteiger partial charge in [0.15, 0.2) is 0 Å². The fourth-order valence-corrected chi connectivity index (χ4v) is 1.77. The first-order valence-corrected chi connectivity index (χ1v) is 8.47. The van der Waals surface area contributed by atoms with Crippen LogP contribution in [0.3, 0.4) is 0 Å². The average Bonchev–Trinajstić information content (AvgIpc) is 2.57. The summed E-state index contributed by atoms with van der Waals surface area (Å²) in [5.74, 6) is -0.550. The molecule has 0 aromatic rings. The van der Waals surface area contributed by atoms with Crippen LogP contribution in [0.5, 0.6) is 0 Å². The number of rotatable bonds is 13. The van der Waals surface area contributed by atoms with Crippen molar-refractivity contribution in [2.24, 2.45) is 5.18 Å². The molecule has 0 aromatic carbocycles. The predicted molar refractivity (Wildman–Crippen MR) is 99.1 cm³/mol. The summed E-state index contributed by atoms with van der Waals surface area (Å²) in [7, 11) is 0. The molecule has 3 heteroatoms. The number of amides is 1. The first kappa shape index (κ1) is 21.0. The molecule has 23 heavy (non-hydrogen) atoms. The molecule has 0 aliphatic carbocycles. The van der Waals surface area contributed by atoms with E-state index in [1.165, 1.54) is 6.42 Å². The molecule has 1 amide bonds. The standard InChI is InChI=1S/C20H29NO2/c1-2-3-4-5-6-7-8-9-10-11-12-13-14-15-16-17-18-19-20(22)21-23/h4-7,10-15H,2-3,8-9,16-19H2,1H3/b5-4+,7-6-,11-10+,13-12+,15-14-. The molecule has 0 heterocycles. The summed E-state index contributed by atoms with van der Waals surface area (Å²) in [5, 5.41) is 2.37. The van der Waals surface area contributed by atoms with Crippen LogP contribution >= 0.6 is 0 Å². The molecule has 0 saturated heterocycles. The van der Waals surface area contributed by atoms with Gasteiger partial charge in [0.05, 0.1) is 0 Å². The number of unbranched alkanes of at least 4 members (excludes halogenated alkanes) is 4. The Hall–Kier alpha value is -2.03. The maximum Gasteiger partial charge on any atom is 0.286 e. The molecule has 0 bridgehead atoms. The maximum atomic E-state index is 10.6. The lowest BCUT2D eigenvalue weighted by Crippen LogP contribution is -1.90. The molecule has 0 fully saturated rings. The monoisotopic (exact) mass is 315 g/mol. The molecular formula is C20H29NO2. The third-order valence-electron chi connectivity index (χ3n) is 3.06. The Morgan fingerprint density at radius 3 is 1.83 bits per heavy atom. The molecule has 126 valence electrons. The first-order valence-electron chi connectivity index (χ1n) is 8.47. The van der Waals surface area contributed by atoms with E-state index in [9.17, 15) is 9.70 Å². The zero-order valence-corrected chi connectivity index (χ0v) is 14.2. The molecule has 0 unspecified atom stereocenters. The van der Waals surface area contributed by atoms with Crippen LogP contribution in [0.2, 0.25) is 0 Å². The van der Waals surface area contributed by atoms with Crippen molar-refractivity contribution in [2.75, 3.05) is 0 Å². The lowest BCUT2D eigenvalue weighted by molar-refractivity contribution is -0.118. The van der Waals surface area contributed by atoms with Crippen molar-refractivity contribution in [3.63, 3.8) is 0 Å². The highest BCUT2D eigenvalue weighted by atomic mass is 16.3. The van der Waals surface area contributed by atoms with Crippen LogP contribution in [0.4, 0.5) is 0 Å². The van der Waals surface area contributed by atoms with Gasteiger partial charge in [0.2, 0.25) is 0 Å². The van der Waals surface area contributed by atoms with E-state index in [1.807, 2.05) is 18.2 Å². The summed E-state index contributed by atoms with van der Waals surface area (Å²) < 4.78 is 0. The fraction of sp³-hybridized carbons (Fsp3) is 0.450. The van der Waals surface area contributed by atoms with Gasteiger partial charge < -0.3 is 0 Å². The van der Waals surface area contributed by atoms with Gasteiger partial charge in [-0.05, 0) is 38.5 Å². The topological polar surface area (TPSA) is 46.5 Å². The Balaban J connectivity index is 3.52. The number of carbonyl (C=O) groups excluding carboxylic acids is 1. The smallest absolute Gasteiger partial charge is 0.269 e. The minimum absolute atomic E-state index is 0.263. The SMILES string of the molecule is CCC/C=C/C=C\CC/C=C/C=C/C=C\CCCCC(=O)N=O. The predicted octanol–water partition coefficient (Wildman–Crippen LogP) is 6.20. The molecule has 0 aliphatic heterocycles. The van der Waals surface area contributed by atoms with E-state index in [4.69, 9.17) is 0 Å². The van der Waals surface area contributed by atoms with Crippen molar-refractivity contribution in [3.8, 4) is 0 Å². The average molecular weight is 315 g/mol. The first-order chi connectivity index (χ1) is 11.3. The number of allylic oxidation sites excluding steroid dienone is 10. The maximum absolute atomic E-state index is 10.6. The second-order valence-corrected chi connectivity index (χ2v) is 5.19. The molecule has 0 spiro atoms. The molecule has 0 aliphatic rings. The molecular weight excluding hydrogens is 286 g/mol. The molecule has 0 N–H and O–H groups in total. The van der Waals surface area contributed by atoms with E-state index in [0.29, 0.717) is 0 Å². The van der Waals surface area contributed by atoms with Crippen LogP contribution in [0.1, 0.15) is 58.3 Å². The van der Waals surface area contributed by atoms with Gasteiger partial charge >= 0.3 is 0 Å². The molecule has 0 saturated carbocycles. The number of nitrogens with zero attached hydrogens (tertiary/aromatic N) is 1. The van der Waals surface area contributed by atoms with E-state index < -0.39 is 5.91 Å². The van der Waals surface area contributed by atoms with Gasteiger partial charge in [-0.3, -0.25) is 4.79 Å². The van der Waals surface area contributed by atoms with Crippen LogP contribution in [0.25, 0.3) is 0 Å². The second-order valence-electron chi connectivity index (χ2n) is 5.19. The minimum atomic E-state index is -0.550. The van der Waals surface area contributed by atoms with Crippen LogP contribution in [0, 0.1) is 4.91 Å². The van der Waals surface area contributed by atoms with E-state index in [-0.39, 0.29) is 6.42 Å². The van der Waals surface area contributed by atoms with Crippen LogP contribution in [-0.4, -0.2) is 5.91 Å². The van der Waals surface area contributed by atoms with Crippen molar-refractivity contribution in [3.05, 3.63) is 65.7 Å². The highest BCUT2D eigenvalue weighted by Crippen LogP contribution is 2.02. The third kappa shape index (κ3) is 17.9. The quantitative estimate of drug-likeness (QED) is 0.231. The van der Waals surface area contributed by atoms with Gasteiger partial charge in [0.1, 0.15) is 0 Å². The summed E-state index contributed by atoms with van der Waals surface area (Å²) >= 11 is 0. The van der Waals surface area contributed by atoms with E-state index in [2.05, 4.69) is 54.6 Å². The molecule has 0 atom stereocenters. The molecule has 3 nitrogen and oxygen atoms in total. The minimum Gasteiger partial charge on any atom is -0.269 e. The Morgan fingerprint density at radius 2 is 1.26 bits per heavy atom. The van der Waals surface area contributed by atoms with Crippen molar-refractivity contribution in [1.29, 1.82) is 0 Å². The van der Waals surface area contributed by atoms with E-state index in [1.54, 1.807) is 0 Å². The van der Waals surface area contributed by atoms with Crippen molar-refractivity contribution in [2.45, 2.75) is 58.3 Å². The van der Waals surface area contributed by atoms with Crippen molar-refractivity contribution in [1.82, 2.24) is 0 Å². The molecule has 0 rings (SSSR count). The number of carbonyl (C=O) groups is 1. The molecule has 0 aromatic heterocycles. The van der Waals surface area contributed by atoms with Gasteiger partial charge in [-0.2, -0.15) is 0 Å². The van der Waals surface area contributed by atoms with Crippen molar-refractivity contribution >= 4 is 5.91 Å². The Bertz CT molecular complexity index is 443. The number of hydrogen-bond donors (Lipinski definition) is 0. The van der Waals surface area contributed by atoms with Crippen LogP contribution in [0.15, 0.2) is 65.9 Å². The number of nitroso groups, excluding NO2 is 1. The lowest BCUT2D eigenvalue weighted by atomic mass is 10.2. The normalized spacial score (nSPS) is 12.6. The summed E-state index contributed by atoms with van der Waals surface area (Å²) in [4.78, 5) is 20.5. The van der Waals surface area contributed by atoms with Gasteiger partial charge in [-0.15, -0.1) is 4.91 Å². The lowest BCUT2D eigenvalue weighted by Gasteiger charge is -1.91. The van der Waals surface area contributed by atoms with E-state index in [0.717, 1.165) is 38.5 Å². The van der Waals surface area contributed by atoms with Gasteiger partial charge in [0.25, 0.3) is 5.91 Å². The fourth-order valence-electron chi connectivity index (χ4n) is 1.77. The van der Waals surface area contributed by atoms with Gasteiger partial charge in [-0.1, -0.05) is 74.1 Å². The number of hydrogen-bond acceptors (Lipinski definition) is 2. The van der Waals surface area contributed by atoms with Gasteiger partial charge in [0, 0.05) is 11.6 Å². The second kappa shape index (κ2) is 18.0. The largest absolute Gasteiger partial charge is 0.286 e. The van der Waals surface area contributed by atoms with Crippen LogP contribution < -0.4 is 0 Å². The van der Waals surface area contributed by atoms with Crippen molar-refractivity contribution < 1.29 is 4.79 Å². The summed E-state index contributed by atoms with van der Waals surface area (Å²) in [6.07, 6.45) is 28.2. The highest BCUT2D eigenvalue weighted by Gasteiger charge is 1.97. The van der Waals surface area contributed by atoms with Crippen LogP contribution in [-0.2, 0) is 4.79 Å². The Morgan fingerprint density at radius 1 is 0.739 bits per heavy atom. The summed E-state index contributed by atoms with van der Waals surface area (Å²) in [6.45, 7) is 2.18. The van der Waals surface area contributed by atoms with E-state index >= 15 is 0 Å². The Kier molecular flexibility index (Phi) is 16.4. The zero-order valence-electron chi connectivity index (χ0n) is 14.2. The summed E-state index contributed by atoms with van der Waals surface area (Å²) in [5.41, 5.74) is 0. The molecule has 0 radical (unpaired) electrons. The zero-order chi connectivity index (χ0) is 17.0. The Labute approximate surface area is 140 Å². The van der Waals surface area contributed by atoms with Gasteiger partial charge in [-0.25, -0.2) is 0 Å². The highest BCUT2D eigenvalue weighted by molar-refractivity contribution is 5.76.